The molecule has 326 valence electrons. The summed E-state index contributed by atoms with van der Waals surface area (Å²) < 4.78 is 6.30. The normalized spacial score (nSPS) is 25.2. The van der Waals surface area contributed by atoms with Gasteiger partial charge in [-0.05, 0) is 61.1 Å². The second-order valence-corrected chi connectivity index (χ2v) is 17.8. The summed E-state index contributed by atoms with van der Waals surface area (Å²) in [5.74, 6) is -1.80. The van der Waals surface area contributed by atoms with Crippen molar-refractivity contribution in [1.82, 2.24) is 25.8 Å². The van der Waals surface area contributed by atoms with Gasteiger partial charge in [-0.15, -0.1) is 0 Å². The summed E-state index contributed by atoms with van der Waals surface area (Å²) in [6, 6.07) is 26.6. The maximum atomic E-state index is 14.1. The summed E-state index contributed by atoms with van der Waals surface area (Å²) >= 11 is 0. The smallest absolute Gasteiger partial charge is 0.254 e. The molecule has 4 aliphatic rings. The second-order valence-electron chi connectivity index (χ2n) is 17.8. The molecule has 2 aliphatic heterocycles. The van der Waals surface area contributed by atoms with Gasteiger partial charge < -0.3 is 30.5 Å². The molecular weight excluding hydrogens is 767 g/mol. The van der Waals surface area contributed by atoms with Crippen LogP contribution in [0.5, 0.6) is 0 Å². The molecule has 2 saturated heterocycles. The zero-order chi connectivity index (χ0) is 42.7. The van der Waals surface area contributed by atoms with Gasteiger partial charge in [0.1, 0.15) is 0 Å². The highest BCUT2D eigenvalue weighted by Crippen LogP contribution is 2.42. The van der Waals surface area contributed by atoms with Crippen molar-refractivity contribution in [1.29, 1.82) is 0 Å². The molecule has 11 nitrogen and oxygen atoms in total. The largest absolute Gasteiger partial charge is 0.374 e. The fourth-order valence-electron chi connectivity index (χ4n) is 9.23. The average molecular weight is 832 g/mol. The Hall–Kier alpha value is -5.03. The molecule has 5 amide bonds. The molecule has 3 aromatic rings. The SMILES string of the molecule is CCCCCCCO[C@H]1CN(C(=O)c2ccc(C(=O)N3C[C@@H](C(=O)N[C@H]4C[C@@H]4c4ccccc4)[C@H](C(=O)N[C@H]4C[C@@H]4c4ccccc4)C3)cc2)C[C@@H]1NC(=O)CCCCCC. The predicted molar refractivity (Wildman–Crippen MR) is 236 cm³/mol. The van der Waals surface area contributed by atoms with Crippen LogP contribution in [0.4, 0.5) is 0 Å². The van der Waals surface area contributed by atoms with E-state index in [4.69, 9.17) is 4.74 Å². The molecule has 11 heteroatoms. The lowest BCUT2D eigenvalue weighted by atomic mass is 9.94. The standard InChI is InChI=1S/C50H65N5O6/c1-3-5-7-9-17-27-61-45-33-55(32-44(45)51-46(56)22-16-8-6-4-2)50(60)37-25-23-36(24-26-37)49(59)54-30-40(47(57)52-42-28-38(42)34-18-12-10-13-19-34)41(31-54)48(58)53-43-29-39(43)35-20-14-11-15-21-35/h10-15,18-21,23-26,38-45H,3-9,16-17,22,27-33H2,1-2H3,(H,51,56)(H,52,57)(H,53,58)/t38-,39-,40-,41-,42+,43+,44+,45+/m1/s1. The first-order valence-electron chi connectivity index (χ1n) is 23.0. The van der Waals surface area contributed by atoms with Crippen LogP contribution >= 0.6 is 0 Å². The van der Waals surface area contributed by atoms with Crippen molar-refractivity contribution in [2.75, 3.05) is 32.8 Å². The van der Waals surface area contributed by atoms with Crippen molar-refractivity contribution in [3.05, 3.63) is 107 Å². The maximum absolute atomic E-state index is 14.1. The molecular formula is C50H65N5O6. The highest BCUT2D eigenvalue weighted by molar-refractivity contribution is 5.99. The van der Waals surface area contributed by atoms with E-state index in [-0.39, 0.29) is 78.7 Å². The van der Waals surface area contributed by atoms with Crippen LogP contribution in [0, 0.1) is 11.8 Å². The summed E-state index contributed by atoms with van der Waals surface area (Å²) in [6.07, 6.45) is 11.5. The molecule has 7 rings (SSSR count). The van der Waals surface area contributed by atoms with Crippen molar-refractivity contribution in [3.63, 3.8) is 0 Å². The van der Waals surface area contributed by atoms with Crippen LogP contribution in [0.25, 0.3) is 0 Å². The third-order valence-electron chi connectivity index (χ3n) is 13.1. The molecule has 8 atom stereocenters. The molecule has 61 heavy (non-hydrogen) atoms. The van der Waals surface area contributed by atoms with Gasteiger partial charge >= 0.3 is 0 Å². The zero-order valence-electron chi connectivity index (χ0n) is 36.1. The van der Waals surface area contributed by atoms with Crippen LogP contribution in [-0.2, 0) is 19.1 Å². The Labute approximate surface area is 361 Å². The van der Waals surface area contributed by atoms with E-state index in [1.807, 2.05) is 36.4 Å². The first-order valence-corrected chi connectivity index (χ1v) is 23.0. The number of nitrogens with zero attached hydrogens (tertiary/aromatic N) is 2. The highest BCUT2D eigenvalue weighted by atomic mass is 16.5. The van der Waals surface area contributed by atoms with Crippen molar-refractivity contribution >= 4 is 29.5 Å². The van der Waals surface area contributed by atoms with Gasteiger partial charge in [0, 0.05) is 74.3 Å². The number of hydrogen-bond donors (Lipinski definition) is 3. The molecule has 4 fully saturated rings. The van der Waals surface area contributed by atoms with Gasteiger partial charge in [0.05, 0.1) is 24.0 Å². The van der Waals surface area contributed by atoms with Crippen LogP contribution in [0.15, 0.2) is 84.9 Å². The Bertz CT molecular complexity index is 1870. The van der Waals surface area contributed by atoms with E-state index in [0.29, 0.717) is 37.2 Å². The Balaban J connectivity index is 0.978. The Morgan fingerprint density at radius 1 is 0.541 bits per heavy atom. The number of nitrogens with one attached hydrogen (secondary N) is 3. The van der Waals surface area contributed by atoms with Crippen LogP contribution in [0.1, 0.15) is 135 Å². The number of ether oxygens (including phenoxy) is 1. The molecule has 0 aromatic heterocycles. The molecule has 2 aliphatic carbocycles. The number of carbonyl (C=O) groups excluding carboxylic acids is 5. The number of unbranched alkanes of at least 4 members (excludes halogenated alkanes) is 7. The number of amides is 5. The van der Waals surface area contributed by atoms with Gasteiger partial charge in [0.15, 0.2) is 0 Å². The summed E-state index contributed by atoms with van der Waals surface area (Å²) in [4.78, 5) is 72.0. The predicted octanol–water partition coefficient (Wildman–Crippen LogP) is 6.99. The Morgan fingerprint density at radius 3 is 1.52 bits per heavy atom. The van der Waals surface area contributed by atoms with Crippen LogP contribution < -0.4 is 16.0 Å². The summed E-state index contributed by atoms with van der Waals surface area (Å²) in [6.45, 7) is 5.89. The number of hydrogen-bond acceptors (Lipinski definition) is 6. The van der Waals surface area contributed by atoms with Crippen molar-refractivity contribution in [2.45, 2.75) is 127 Å². The summed E-state index contributed by atoms with van der Waals surface area (Å²) in [5, 5.41) is 9.56. The molecule has 0 bridgehead atoms. The van der Waals surface area contributed by atoms with Crippen molar-refractivity contribution < 1.29 is 28.7 Å². The Kier molecular flexibility index (Phi) is 15.3. The molecule has 2 heterocycles. The quantitative estimate of drug-likeness (QED) is 0.0992. The number of carbonyl (C=O) groups is 5. The molecule has 0 spiro atoms. The van der Waals surface area contributed by atoms with E-state index < -0.39 is 11.8 Å². The van der Waals surface area contributed by atoms with Crippen LogP contribution in [0.3, 0.4) is 0 Å². The van der Waals surface area contributed by atoms with Gasteiger partial charge in [-0.2, -0.15) is 0 Å². The third-order valence-corrected chi connectivity index (χ3v) is 13.1. The van der Waals surface area contributed by atoms with Gasteiger partial charge in [-0.1, -0.05) is 119 Å². The fourth-order valence-corrected chi connectivity index (χ4v) is 9.23. The van der Waals surface area contributed by atoms with Crippen molar-refractivity contribution in [3.8, 4) is 0 Å². The molecule has 3 aromatic carbocycles. The van der Waals surface area contributed by atoms with Crippen LogP contribution in [-0.4, -0.2) is 96.4 Å². The monoisotopic (exact) mass is 831 g/mol. The lowest BCUT2D eigenvalue weighted by molar-refractivity contribution is -0.133. The van der Waals surface area contributed by atoms with E-state index in [1.54, 1.807) is 34.1 Å². The molecule has 0 unspecified atom stereocenters. The zero-order valence-corrected chi connectivity index (χ0v) is 36.1. The summed E-state index contributed by atoms with van der Waals surface area (Å²) in [5.41, 5.74) is 3.18. The molecule has 0 radical (unpaired) electrons. The van der Waals surface area contributed by atoms with Crippen LogP contribution in [0.2, 0.25) is 0 Å². The van der Waals surface area contributed by atoms with Gasteiger partial charge in [0.25, 0.3) is 11.8 Å². The minimum atomic E-state index is -0.692. The van der Waals surface area contributed by atoms with Gasteiger partial charge in [-0.25, -0.2) is 0 Å². The number of benzene rings is 3. The summed E-state index contributed by atoms with van der Waals surface area (Å²) in [7, 11) is 0. The van der Waals surface area contributed by atoms with E-state index in [0.717, 1.165) is 51.4 Å². The third kappa shape index (κ3) is 11.7. The maximum Gasteiger partial charge on any atom is 0.254 e. The molecule has 3 N–H and O–H groups in total. The first-order chi connectivity index (χ1) is 29.7. The van der Waals surface area contributed by atoms with Crippen molar-refractivity contribution in [2.24, 2.45) is 11.8 Å². The second kappa shape index (κ2) is 21.2. The van der Waals surface area contributed by atoms with Gasteiger partial charge in [-0.3, -0.25) is 24.0 Å². The highest BCUT2D eigenvalue weighted by Gasteiger charge is 2.49. The number of likely N-dealkylation sites (tertiary alicyclic amines) is 2. The van der Waals surface area contributed by atoms with Gasteiger partial charge in [0.2, 0.25) is 17.7 Å². The lowest BCUT2D eigenvalue weighted by Gasteiger charge is -2.20. The minimum absolute atomic E-state index is 0.00515. The van der Waals surface area contributed by atoms with E-state index in [9.17, 15) is 24.0 Å². The van der Waals surface area contributed by atoms with E-state index in [2.05, 4.69) is 54.1 Å². The number of rotatable bonds is 21. The first kappa shape index (κ1) is 44.0. The fraction of sp³-hybridized carbons (Fsp3) is 0.540. The molecule has 2 saturated carbocycles. The Morgan fingerprint density at radius 2 is 1.02 bits per heavy atom. The topological polar surface area (TPSA) is 137 Å². The minimum Gasteiger partial charge on any atom is -0.374 e. The van der Waals surface area contributed by atoms with E-state index >= 15 is 0 Å². The lowest BCUT2D eigenvalue weighted by Crippen LogP contribution is -2.44. The van der Waals surface area contributed by atoms with E-state index in [1.165, 1.54) is 30.4 Å². The average Bonchev–Trinajstić information content (AvgIpc) is 4.14.